The lowest BCUT2D eigenvalue weighted by Crippen LogP contribution is -2.08. The molecule has 0 radical (unpaired) electrons. The fourth-order valence-corrected chi connectivity index (χ4v) is 3.66. The number of sulfone groups is 1. The molecule has 0 amide bonds. The second-order valence-electron chi connectivity index (χ2n) is 4.83. The zero-order chi connectivity index (χ0) is 14.9. The van der Waals surface area contributed by atoms with Gasteiger partial charge in [0.2, 0.25) is 0 Å². The molecule has 0 spiro atoms. The highest BCUT2D eigenvalue weighted by Crippen LogP contribution is 2.26. The maximum atomic E-state index is 12.3. The van der Waals surface area contributed by atoms with Crippen molar-refractivity contribution in [3.05, 3.63) is 41.2 Å². The van der Waals surface area contributed by atoms with Gasteiger partial charge in [-0.3, -0.25) is 4.68 Å². The van der Waals surface area contributed by atoms with Gasteiger partial charge in [-0.15, -0.1) is 0 Å². The maximum Gasteiger partial charge on any atom is 0.185 e. The molecule has 2 aromatic rings. The van der Waals surface area contributed by atoms with Crippen LogP contribution < -0.4 is 5.73 Å². The Bertz CT molecular complexity index is 723. The van der Waals surface area contributed by atoms with E-state index in [9.17, 15) is 8.42 Å². The lowest BCUT2D eigenvalue weighted by molar-refractivity contribution is 0.527. The smallest absolute Gasteiger partial charge is 0.185 e. The van der Waals surface area contributed by atoms with Gasteiger partial charge in [-0.25, -0.2) is 8.42 Å². The third-order valence-electron chi connectivity index (χ3n) is 2.82. The van der Waals surface area contributed by atoms with Crippen LogP contribution in [0.15, 0.2) is 35.4 Å². The Hall–Kier alpha value is -1.53. The van der Waals surface area contributed by atoms with Crippen LogP contribution in [0, 0.1) is 0 Å². The molecule has 1 aromatic heterocycles. The van der Waals surface area contributed by atoms with Gasteiger partial charge in [0, 0.05) is 17.9 Å². The molecule has 108 valence electrons. The van der Waals surface area contributed by atoms with Crippen molar-refractivity contribution in [3.63, 3.8) is 0 Å². The summed E-state index contributed by atoms with van der Waals surface area (Å²) in [5.41, 5.74) is 6.49. The zero-order valence-corrected chi connectivity index (χ0v) is 12.8. The van der Waals surface area contributed by atoms with Crippen molar-refractivity contribution < 1.29 is 8.42 Å². The topological polar surface area (TPSA) is 78.0 Å². The number of hydrogen-bond donors (Lipinski definition) is 1. The summed E-state index contributed by atoms with van der Waals surface area (Å²) >= 11 is 5.95. The quantitative estimate of drug-likeness (QED) is 0.880. The Labute approximate surface area is 123 Å². The predicted octanol–water partition coefficient (Wildman–Crippen LogP) is 2.67. The second kappa shape index (κ2) is 5.46. The highest BCUT2D eigenvalue weighted by molar-refractivity contribution is 7.90. The summed E-state index contributed by atoms with van der Waals surface area (Å²) in [5, 5.41) is 4.37. The Balaban J connectivity index is 2.30. The van der Waals surface area contributed by atoms with E-state index in [1.807, 2.05) is 13.8 Å². The van der Waals surface area contributed by atoms with Crippen molar-refractivity contribution in [2.45, 2.75) is 30.5 Å². The number of nitrogen functional groups attached to an aromatic ring is 1. The molecular formula is C13H16ClN3O2S. The second-order valence-corrected chi connectivity index (χ2v) is 7.19. The summed E-state index contributed by atoms with van der Waals surface area (Å²) in [6, 6.07) is 6.26. The Morgan fingerprint density at radius 2 is 2.05 bits per heavy atom. The van der Waals surface area contributed by atoms with Gasteiger partial charge in [-0.1, -0.05) is 11.6 Å². The molecule has 0 unspecified atom stereocenters. The van der Waals surface area contributed by atoms with Crippen molar-refractivity contribution in [1.29, 1.82) is 0 Å². The summed E-state index contributed by atoms with van der Waals surface area (Å²) in [6.45, 7) is 3.95. The molecule has 1 heterocycles. The van der Waals surface area contributed by atoms with E-state index in [-0.39, 0.29) is 21.7 Å². The van der Waals surface area contributed by atoms with Gasteiger partial charge in [-0.05, 0) is 38.1 Å². The number of nitrogens with zero attached hydrogens (tertiary/aromatic N) is 2. The van der Waals surface area contributed by atoms with Crippen molar-refractivity contribution in [2.75, 3.05) is 5.73 Å². The highest BCUT2D eigenvalue weighted by atomic mass is 35.5. The van der Waals surface area contributed by atoms with E-state index in [0.717, 1.165) is 0 Å². The molecule has 0 fully saturated rings. The molecule has 0 aliphatic heterocycles. The molecule has 0 aliphatic carbocycles. The minimum absolute atomic E-state index is 0.0764. The monoisotopic (exact) mass is 313 g/mol. The summed E-state index contributed by atoms with van der Waals surface area (Å²) in [6.07, 6.45) is 1.76. The standard InChI is InChI=1S/C13H16ClN3O2S/c1-9(2)17-6-5-11(16-17)8-20(18,19)13-4-3-10(15)7-12(13)14/h3-7,9H,8,15H2,1-2H3. The van der Waals surface area contributed by atoms with E-state index >= 15 is 0 Å². The van der Waals surface area contributed by atoms with E-state index in [1.165, 1.54) is 18.2 Å². The van der Waals surface area contributed by atoms with Gasteiger partial charge < -0.3 is 5.73 Å². The van der Waals surface area contributed by atoms with Crippen LogP contribution in [0.1, 0.15) is 25.6 Å². The minimum Gasteiger partial charge on any atom is -0.399 e. The average Bonchev–Trinajstić information content (AvgIpc) is 2.76. The number of halogens is 1. The van der Waals surface area contributed by atoms with Crippen molar-refractivity contribution in [2.24, 2.45) is 0 Å². The van der Waals surface area contributed by atoms with Crippen LogP contribution in [-0.2, 0) is 15.6 Å². The first kappa shape index (κ1) is 14.9. The van der Waals surface area contributed by atoms with Crippen molar-refractivity contribution in [3.8, 4) is 0 Å². The van der Waals surface area contributed by atoms with E-state index < -0.39 is 9.84 Å². The Morgan fingerprint density at radius 3 is 2.60 bits per heavy atom. The maximum absolute atomic E-state index is 12.3. The van der Waals surface area contributed by atoms with E-state index in [1.54, 1.807) is 16.9 Å². The SMILES string of the molecule is CC(C)n1ccc(CS(=O)(=O)c2ccc(N)cc2Cl)n1. The molecule has 2 N–H and O–H groups in total. The third kappa shape index (κ3) is 3.13. The first-order valence-corrected chi connectivity index (χ1v) is 8.14. The molecule has 20 heavy (non-hydrogen) atoms. The lowest BCUT2D eigenvalue weighted by atomic mass is 10.3. The molecule has 0 saturated carbocycles. The van der Waals surface area contributed by atoms with E-state index in [2.05, 4.69) is 5.10 Å². The van der Waals surface area contributed by atoms with Crippen LogP contribution in [0.5, 0.6) is 0 Å². The summed E-state index contributed by atoms with van der Waals surface area (Å²) in [7, 11) is -3.54. The van der Waals surface area contributed by atoms with E-state index in [4.69, 9.17) is 17.3 Å². The minimum atomic E-state index is -3.54. The molecule has 2 rings (SSSR count). The Morgan fingerprint density at radius 1 is 1.35 bits per heavy atom. The van der Waals surface area contributed by atoms with Gasteiger partial charge in [0.05, 0.1) is 21.4 Å². The number of rotatable bonds is 4. The number of nitrogens with two attached hydrogens (primary N) is 1. The summed E-state index contributed by atoms with van der Waals surface area (Å²) < 4.78 is 26.4. The number of aromatic nitrogens is 2. The first-order chi connectivity index (χ1) is 9.29. The van der Waals surface area contributed by atoms with Gasteiger partial charge >= 0.3 is 0 Å². The van der Waals surface area contributed by atoms with Crippen molar-refractivity contribution >= 4 is 27.1 Å². The molecule has 5 nitrogen and oxygen atoms in total. The van der Waals surface area contributed by atoms with Gasteiger partial charge in [0.15, 0.2) is 9.84 Å². The summed E-state index contributed by atoms with van der Waals surface area (Å²) in [4.78, 5) is 0.0764. The first-order valence-electron chi connectivity index (χ1n) is 6.11. The molecule has 1 aromatic carbocycles. The van der Waals surface area contributed by atoms with Crippen LogP contribution in [0.2, 0.25) is 5.02 Å². The zero-order valence-electron chi connectivity index (χ0n) is 11.2. The number of hydrogen-bond acceptors (Lipinski definition) is 4. The molecule has 7 heteroatoms. The van der Waals surface area contributed by atoms with Crippen molar-refractivity contribution in [1.82, 2.24) is 9.78 Å². The fourth-order valence-electron chi connectivity index (χ4n) is 1.78. The van der Waals surface area contributed by atoms with Crippen LogP contribution >= 0.6 is 11.6 Å². The van der Waals surface area contributed by atoms with Gasteiger partial charge in [0.1, 0.15) is 0 Å². The van der Waals surface area contributed by atoms with Crippen LogP contribution in [-0.4, -0.2) is 18.2 Å². The van der Waals surface area contributed by atoms with Gasteiger partial charge in [0.25, 0.3) is 0 Å². The fraction of sp³-hybridized carbons (Fsp3) is 0.308. The molecule has 0 saturated heterocycles. The predicted molar refractivity (Wildman–Crippen MR) is 79.4 cm³/mol. The average molecular weight is 314 g/mol. The van der Waals surface area contributed by atoms with Crippen LogP contribution in [0.3, 0.4) is 0 Å². The largest absolute Gasteiger partial charge is 0.399 e. The molecule has 0 atom stereocenters. The summed E-state index contributed by atoms with van der Waals surface area (Å²) in [5.74, 6) is -0.184. The molecule has 0 bridgehead atoms. The lowest BCUT2D eigenvalue weighted by Gasteiger charge is -2.06. The van der Waals surface area contributed by atoms with Crippen LogP contribution in [0.4, 0.5) is 5.69 Å². The normalized spacial score (nSPS) is 12.0. The number of benzene rings is 1. The molecular weight excluding hydrogens is 298 g/mol. The van der Waals surface area contributed by atoms with Crippen LogP contribution in [0.25, 0.3) is 0 Å². The number of anilines is 1. The Kier molecular flexibility index (Phi) is 4.06. The third-order valence-corrected chi connectivity index (χ3v) is 4.95. The van der Waals surface area contributed by atoms with E-state index in [0.29, 0.717) is 11.4 Å². The highest BCUT2D eigenvalue weighted by Gasteiger charge is 2.20. The van der Waals surface area contributed by atoms with Gasteiger partial charge in [-0.2, -0.15) is 5.10 Å². The molecule has 0 aliphatic rings.